The molecule has 0 fully saturated rings. The standard InChI is InChI=1S/C21H19NO4S/c1-22(20(23)19-12-7-15-27-19)18-11-6-5-10-17(18)21(24)26-14-13-25-16-8-3-2-4-9-16/h2-12,15H,13-14H2,1H3. The highest BCUT2D eigenvalue weighted by Gasteiger charge is 2.20. The van der Waals surface area contributed by atoms with Crippen LogP contribution < -0.4 is 9.64 Å². The molecule has 3 aromatic rings. The summed E-state index contributed by atoms with van der Waals surface area (Å²) in [6, 6.07) is 19.8. The fourth-order valence-electron chi connectivity index (χ4n) is 2.50. The van der Waals surface area contributed by atoms with Gasteiger partial charge >= 0.3 is 5.97 Å². The number of carbonyl (C=O) groups excluding carboxylic acids is 2. The zero-order chi connectivity index (χ0) is 19.1. The molecule has 1 aromatic heterocycles. The number of hydrogen-bond acceptors (Lipinski definition) is 5. The Bertz CT molecular complexity index is 894. The Labute approximate surface area is 161 Å². The molecule has 0 spiro atoms. The molecular weight excluding hydrogens is 362 g/mol. The van der Waals surface area contributed by atoms with Crippen LogP contribution in [0.15, 0.2) is 72.1 Å². The summed E-state index contributed by atoms with van der Waals surface area (Å²) < 4.78 is 10.8. The molecule has 6 heteroatoms. The largest absolute Gasteiger partial charge is 0.490 e. The number of rotatable bonds is 7. The Balaban J connectivity index is 1.62. The van der Waals surface area contributed by atoms with Crippen molar-refractivity contribution >= 4 is 28.9 Å². The highest BCUT2D eigenvalue weighted by molar-refractivity contribution is 7.12. The predicted molar refractivity (Wildman–Crippen MR) is 106 cm³/mol. The van der Waals surface area contributed by atoms with Crippen LogP contribution in [-0.4, -0.2) is 32.1 Å². The molecular formula is C21H19NO4S. The SMILES string of the molecule is CN(C(=O)c1cccs1)c1ccccc1C(=O)OCCOc1ccccc1. The third-order valence-corrected chi connectivity index (χ3v) is 4.71. The molecule has 0 radical (unpaired) electrons. The van der Waals surface area contributed by atoms with Crippen molar-refractivity contribution in [3.05, 3.63) is 82.6 Å². The molecule has 0 saturated carbocycles. The van der Waals surface area contributed by atoms with Gasteiger partial charge in [0.2, 0.25) is 0 Å². The number of nitrogens with zero attached hydrogens (tertiary/aromatic N) is 1. The summed E-state index contributed by atoms with van der Waals surface area (Å²) in [6.07, 6.45) is 0. The van der Waals surface area contributed by atoms with Crippen molar-refractivity contribution in [2.24, 2.45) is 0 Å². The van der Waals surface area contributed by atoms with E-state index >= 15 is 0 Å². The zero-order valence-corrected chi connectivity index (χ0v) is 15.6. The molecule has 0 atom stereocenters. The molecule has 2 aromatic carbocycles. The van der Waals surface area contributed by atoms with Crippen molar-refractivity contribution in [1.29, 1.82) is 0 Å². The van der Waals surface area contributed by atoms with E-state index in [0.29, 0.717) is 16.1 Å². The molecule has 138 valence electrons. The maximum atomic E-state index is 12.6. The molecule has 1 amide bonds. The van der Waals surface area contributed by atoms with Crippen molar-refractivity contribution in [2.45, 2.75) is 0 Å². The van der Waals surface area contributed by atoms with Crippen molar-refractivity contribution in [3.63, 3.8) is 0 Å². The molecule has 1 heterocycles. The van der Waals surface area contributed by atoms with Crippen LogP contribution in [0, 0.1) is 0 Å². The first-order valence-corrected chi connectivity index (χ1v) is 9.30. The van der Waals surface area contributed by atoms with E-state index in [1.54, 1.807) is 37.4 Å². The van der Waals surface area contributed by atoms with Gasteiger partial charge in [0.1, 0.15) is 19.0 Å². The third kappa shape index (κ3) is 4.74. The molecule has 27 heavy (non-hydrogen) atoms. The lowest BCUT2D eigenvalue weighted by atomic mass is 10.1. The van der Waals surface area contributed by atoms with E-state index < -0.39 is 5.97 Å². The van der Waals surface area contributed by atoms with E-state index in [4.69, 9.17) is 9.47 Å². The number of amides is 1. The van der Waals surface area contributed by atoms with Gasteiger partial charge in [-0.3, -0.25) is 4.79 Å². The number of esters is 1. The summed E-state index contributed by atoms with van der Waals surface area (Å²) in [6.45, 7) is 0.368. The first kappa shape index (κ1) is 18.7. The van der Waals surface area contributed by atoms with E-state index in [9.17, 15) is 9.59 Å². The summed E-state index contributed by atoms with van der Waals surface area (Å²) >= 11 is 1.36. The summed E-state index contributed by atoms with van der Waals surface area (Å²) in [4.78, 5) is 27.1. The topological polar surface area (TPSA) is 55.8 Å². The van der Waals surface area contributed by atoms with Crippen molar-refractivity contribution < 1.29 is 19.1 Å². The maximum absolute atomic E-state index is 12.6. The maximum Gasteiger partial charge on any atom is 0.340 e. The Kier molecular flexibility index (Phi) is 6.22. The quantitative estimate of drug-likeness (QED) is 0.453. The number of anilines is 1. The average molecular weight is 381 g/mol. The monoisotopic (exact) mass is 381 g/mol. The number of para-hydroxylation sites is 2. The van der Waals surface area contributed by atoms with Crippen LogP contribution >= 0.6 is 11.3 Å². The molecule has 0 aliphatic heterocycles. The van der Waals surface area contributed by atoms with E-state index in [2.05, 4.69) is 0 Å². The number of carbonyl (C=O) groups is 2. The van der Waals surface area contributed by atoms with Gasteiger partial charge in [-0.05, 0) is 35.7 Å². The first-order chi connectivity index (χ1) is 13.2. The minimum absolute atomic E-state index is 0.116. The highest BCUT2D eigenvalue weighted by Crippen LogP contribution is 2.23. The second-order valence-electron chi connectivity index (χ2n) is 5.66. The number of thiophene rings is 1. The number of hydrogen-bond donors (Lipinski definition) is 0. The Morgan fingerprint density at radius 2 is 1.67 bits per heavy atom. The van der Waals surface area contributed by atoms with Crippen LogP contribution in [0.1, 0.15) is 20.0 Å². The van der Waals surface area contributed by atoms with Gasteiger partial charge in [0.25, 0.3) is 5.91 Å². The summed E-state index contributed by atoms with van der Waals surface area (Å²) in [5.74, 6) is 0.0565. The van der Waals surface area contributed by atoms with Gasteiger partial charge in [0.15, 0.2) is 0 Å². The van der Waals surface area contributed by atoms with Crippen LogP contribution in [0.3, 0.4) is 0 Å². The third-order valence-electron chi connectivity index (χ3n) is 3.85. The van der Waals surface area contributed by atoms with Gasteiger partial charge in [-0.15, -0.1) is 11.3 Å². The van der Waals surface area contributed by atoms with Crippen molar-refractivity contribution in [2.75, 3.05) is 25.2 Å². The van der Waals surface area contributed by atoms with Crippen LogP contribution in [0.4, 0.5) is 5.69 Å². The normalized spacial score (nSPS) is 10.3. The van der Waals surface area contributed by atoms with Gasteiger partial charge in [-0.1, -0.05) is 36.4 Å². The molecule has 0 aliphatic carbocycles. The molecule has 3 rings (SSSR count). The Morgan fingerprint density at radius 1 is 0.926 bits per heavy atom. The highest BCUT2D eigenvalue weighted by atomic mass is 32.1. The fraction of sp³-hybridized carbons (Fsp3) is 0.143. The zero-order valence-electron chi connectivity index (χ0n) is 14.8. The second-order valence-corrected chi connectivity index (χ2v) is 6.60. The lowest BCUT2D eigenvalue weighted by Gasteiger charge is -2.19. The Morgan fingerprint density at radius 3 is 2.41 bits per heavy atom. The van der Waals surface area contributed by atoms with Crippen molar-refractivity contribution in [1.82, 2.24) is 0 Å². The van der Waals surface area contributed by atoms with Crippen LogP contribution in [-0.2, 0) is 4.74 Å². The van der Waals surface area contributed by atoms with E-state index in [-0.39, 0.29) is 19.1 Å². The summed E-state index contributed by atoms with van der Waals surface area (Å²) in [5, 5.41) is 1.84. The average Bonchev–Trinajstić information content (AvgIpc) is 3.25. The predicted octanol–water partition coefficient (Wildman–Crippen LogP) is 4.26. The van der Waals surface area contributed by atoms with E-state index in [1.165, 1.54) is 16.2 Å². The van der Waals surface area contributed by atoms with Crippen LogP contribution in [0.25, 0.3) is 0 Å². The minimum Gasteiger partial charge on any atom is -0.490 e. The van der Waals surface area contributed by atoms with Gasteiger partial charge in [-0.25, -0.2) is 4.79 Å². The molecule has 0 N–H and O–H groups in total. The molecule has 0 unspecified atom stereocenters. The first-order valence-electron chi connectivity index (χ1n) is 8.42. The molecule has 0 bridgehead atoms. The van der Waals surface area contributed by atoms with Crippen LogP contribution in [0.5, 0.6) is 5.75 Å². The van der Waals surface area contributed by atoms with E-state index in [0.717, 1.165) is 5.75 Å². The number of benzene rings is 2. The second kappa shape index (κ2) is 9.00. The van der Waals surface area contributed by atoms with Gasteiger partial charge in [-0.2, -0.15) is 0 Å². The molecule has 0 saturated heterocycles. The van der Waals surface area contributed by atoms with Gasteiger partial charge in [0, 0.05) is 7.05 Å². The summed E-state index contributed by atoms with van der Waals surface area (Å²) in [5.41, 5.74) is 0.842. The minimum atomic E-state index is -0.493. The van der Waals surface area contributed by atoms with Crippen molar-refractivity contribution in [3.8, 4) is 5.75 Å². The molecule has 0 aliphatic rings. The summed E-state index contributed by atoms with van der Waals surface area (Å²) in [7, 11) is 1.65. The van der Waals surface area contributed by atoms with E-state index in [1.807, 2.05) is 41.8 Å². The number of ether oxygens (including phenoxy) is 2. The van der Waals surface area contributed by atoms with Gasteiger partial charge < -0.3 is 14.4 Å². The Hall–Kier alpha value is -3.12. The van der Waals surface area contributed by atoms with Crippen LogP contribution in [0.2, 0.25) is 0 Å². The lowest BCUT2D eigenvalue weighted by Crippen LogP contribution is -2.27. The lowest BCUT2D eigenvalue weighted by molar-refractivity contribution is 0.0451. The smallest absolute Gasteiger partial charge is 0.340 e. The fourth-order valence-corrected chi connectivity index (χ4v) is 3.20. The van der Waals surface area contributed by atoms with Gasteiger partial charge in [0.05, 0.1) is 16.1 Å². The molecule has 5 nitrogen and oxygen atoms in total.